The Hall–Kier alpha value is -2.23. The number of ether oxygens (including phenoxy) is 2. The third kappa shape index (κ3) is 2.69. The Bertz CT molecular complexity index is 599. The number of anilines is 1. The van der Waals surface area contributed by atoms with E-state index >= 15 is 0 Å². The number of benzene rings is 1. The number of nitrogens with zero attached hydrogens (tertiary/aromatic N) is 1. The predicted octanol–water partition coefficient (Wildman–Crippen LogP) is 3.63. The van der Waals surface area contributed by atoms with Crippen LogP contribution in [0.4, 0.5) is 5.69 Å². The van der Waals surface area contributed by atoms with E-state index in [4.69, 9.17) is 9.47 Å². The molecule has 2 heterocycles. The van der Waals surface area contributed by atoms with E-state index in [1.165, 1.54) is 5.56 Å². The maximum atomic E-state index is 5.91. The van der Waals surface area contributed by atoms with E-state index in [2.05, 4.69) is 16.4 Å². The van der Waals surface area contributed by atoms with E-state index in [0.29, 0.717) is 18.4 Å². The zero-order chi connectivity index (χ0) is 13.8. The first-order valence-corrected chi connectivity index (χ1v) is 7.00. The van der Waals surface area contributed by atoms with E-state index in [-0.39, 0.29) is 0 Å². The lowest BCUT2D eigenvalue weighted by Gasteiger charge is -2.20. The molecule has 0 saturated heterocycles. The fourth-order valence-corrected chi connectivity index (χ4v) is 2.36. The van der Waals surface area contributed by atoms with Crippen molar-refractivity contribution in [2.75, 3.05) is 18.5 Å². The average molecular weight is 270 g/mol. The number of nitrogens with one attached hydrogen (secondary N) is 1. The van der Waals surface area contributed by atoms with Crippen molar-refractivity contribution in [1.82, 2.24) is 4.98 Å². The van der Waals surface area contributed by atoms with Crippen molar-refractivity contribution < 1.29 is 9.47 Å². The maximum absolute atomic E-state index is 5.91. The molecular weight excluding hydrogens is 252 g/mol. The van der Waals surface area contributed by atoms with Crippen molar-refractivity contribution in [3.8, 4) is 17.5 Å². The molecule has 0 atom stereocenters. The van der Waals surface area contributed by atoms with Crippen molar-refractivity contribution in [2.24, 2.45) is 0 Å². The summed E-state index contributed by atoms with van der Waals surface area (Å²) in [4.78, 5) is 4.33. The Morgan fingerprint density at radius 1 is 1.15 bits per heavy atom. The van der Waals surface area contributed by atoms with Crippen LogP contribution in [0.15, 0.2) is 36.4 Å². The molecule has 1 aliphatic rings. The van der Waals surface area contributed by atoms with Gasteiger partial charge >= 0.3 is 0 Å². The second kappa shape index (κ2) is 5.82. The summed E-state index contributed by atoms with van der Waals surface area (Å²) in [6, 6.07) is 11.7. The van der Waals surface area contributed by atoms with Gasteiger partial charge in [0, 0.05) is 18.7 Å². The molecule has 0 aliphatic carbocycles. The average Bonchev–Trinajstić information content (AvgIpc) is 2.48. The highest BCUT2D eigenvalue weighted by Crippen LogP contribution is 2.34. The van der Waals surface area contributed by atoms with E-state index in [9.17, 15) is 0 Å². The second-order valence-electron chi connectivity index (χ2n) is 4.67. The number of hydrogen-bond acceptors (Lipinski definition) is 4. The van der Waals surface area contributed by atoms with Gasteiger partial charge in [-0.2, -0.15) is 4.98 Å². The number of aromatic nitrogens is 1. The van der Waals surface area contributed by atoms with Gasteiger partial charge in [-0.05, 0) is 31.4 Å². The zero-order valence-electron chi connectivity index (χ0n) is 11.6. The first-order chi connectivity index (χ1) is 9.86. The summed E-state index contributed by atoms with van der Waals surface area (Å²) in [6.45, 7) is 3.52. The van der Waals surface area contributed by atoms with Crippen LogP contribution >= 0.6 is 0 Å². The lowest BCUT2D eigenvalue weighted by atomic mass is 10.0. The van der Waals surface area contributed by atoms with Gasteiger partial charge in [-0.15, -0.1) is 0 Å². The van der Waals surface area contributed by atoms with Gasteiger partial charge in [0.15, 0.2) is 5.75 Å². The van der Waals surface area contributed by atoms with Gasteiger partial charge in [-0.1, -0.05) is 18.2 Å². The summed E-state index contributed by atoms with van der Waals surface area (Å²) in [7, 11) is 0. The molecule has 104 valence electrons. The van der Waals surface area contributed by atoms with E-state index in [1.807, 2.05) is 37.3 Å². The molecule has 3 rings (SSSR count). The molecule has 1 N–H and O–H groups in total. The van der Waals surface area contributed by atoms with Gasteiger partial charge in [0.05, 0.1) is 12.3 Å². The summed E-state index contributed by atoms with van der Waals surface area (Å²) >= 11 is 0. The van der Waals surface area contributed by atoms with Crippen LogP contribution in [0.25, 0.3) is 0 Å². The highest BCUT2D eigenvalue weighted by Gasteiger charge is 2.14. The smallest absolute Gasteiger partial charge is 0.222 e. The topological polar surface area (TPSA) is 43.4 Å². The number of pyridine rings is 1. The number of aryl methyl sites for hydroxylation is 1. The van der Waals surface area contributed by atoms with E-state index in [1.54, 1.807) is 0 Å². The molecule has 2 aromatic rings. The fourth-order valence-electron chi connectivity index (χ4n) is 2.36. The molecule has 0 saturated carbocycles. The van der Waals surface area contributed by atoms with Gasteiger partial charge in [-0.3, -0.25) is 0 Å². The second-order valence-corrected chi connectivity index (χ2v) is 4.67. The number of hydrogen-bond donors (Lipinski definition) is 1. The minimum absolute atomic E-state index is 0.553. The van der Waals surface area contributed by atoms with Crippen molar-refractivity contribution in [3.05, 3.63) is 42.0 Å². The largest absolute Gasteiger partial charge is 0.478 e. The van der Waals surface area contributed by atoms with Crippen molar-refractivity contribution in [1.29, 1.82) is 0 Å². The first-order valence-electron chi connectivity index (χ1n) is 7.00. The van der Waals surface area contributed by atoms with Crippen LogP contribution in [0.5, 0.6) is 17.5 Å². The van der Waals surface area contributed by atoms with Gasteiger partial charge in [0.25, 0.3) is 0 Å². The Kier molecular flexibility index (Phi) is 3.72. The molecule has 0 unspecified atom stereocenters. The van der Waals surface area contributed by atoms with Crippen molar-refractivity contribution >= 4 is 5.69 Å². The van der Waals surface area contributed by atoms with Gasteiger partial charge in [0.2, 0.25) is 11.8 Å². The highest BCUT2D eigenvalue weighted by atomic mass is 16.5. The lowest BCUT2D eigenvalue weighted by Crippen LogP contribution is -2.12. The molecule has 1 aromatic heterocycles. The standard InChI is InChI=1S/C16H18N2O2/c1-2-19-14-9-4-10-15(18-14)20-13-8-3-6-12-7-5-11-17-16(12)13/h3-4,6,8-10,17H,2,5,7,11H2,1H3. The minimum Gasteiger partial charge on any atom is -0.478 e. The molecule has 4 heteroatoms. The van der Waals surface area contributed by atoms with Crippen LogP contribution in [0.1, 0.15) is 18.9 Å². The molecule has 1 aliphatic heterocycles. The molecule has 0 bridgehead atoms. The summed E-state index contributed by atoms with van der Waals surface area (Å²) in [5, 5.41) is 3.41. The Balaban J connectivity index is 1.86. The normalized spacial score (nSPS) is 13.2. The minimum atomic E-state index is 0.553. The first kappa shape index (κ1) is 12.8. The number of para-hydroxylation sites is 1. The molecule has 20 heavy (non-hydrogen) atoms. The number of rotatable bonds is 4. The van der Waals surface area contributed by atoms with Gasteiger partial charge in [-0.25, -0.2) is 0 Å². The van der Waals surface area contributed by atoms with Crippen LogP contribution in [-0.4, -0.2) is 18.1 Å². The number of fused-ring (bicyclic) bond motifs is 1. The molecule has 0 amide bonds. The molecular formula is C16H18N2O2. The third-order valence-electron chi connectivity index (χ3n) is 3.24. The van der Waals surface area contributed by atoms with Crippen molar-refractivity contribution in [2.45, 2.75) is 19.8 Å². The Labute approximate surface area is 118 Å². The summed E-state index contributed by atoms with van der Waals surface area (Å²) < 4.78 is 11.3. The van der Waals surface area contributed by atoms with E-state index in [0.717, 1.165) is 30.8 Å². The van der Waals surface area contributed by atoms with Gasteiger partial charge < -0.3 is 14.8 Å². The molecule has 0 fully saturated rings. The van der Waals surface area contributed by atoms with Crippen LogP contribution in [0.2, 0.25) is 0 Å². The SMILES string of the molecule is CCOc1cccc(Oc2cccc3c2NCCC3)n1. The van der Waals surface area contributed by atoms with Crippen LogP contribution in [0.3, 0.4) is 0 Å². The maximum Gasteiger partial charge on any atom is 0.222 e. The van der Waals surface area contributed by atoms with Gasteiger partial charge in [0.1, 0.15) is 0 Å². The van der Waals surface area contributed by atoms with Crippen molar-refractivity contribution in [3.63, 3.8) is 0 Å². The fraction of sp³-hybridized carbons (Fsp3) is 0.312. The molecule has 0 radical (unpaired) electrons. The monoisotopic (exact) mass is 270 g/mol. The zero-order valence-corrected chi connectivity index (χ0v) is 11.6. The quantitative estimate of drug-likeness (QED) is 0.921. The van der Waals surface area contributed by atoms with Crippen LogP contribution in [0, 0.1) is 0 Å². The van der Waals surface area contributed by atoms with Crippen LogP contribution < -0.4 is 14.8 Å². The Morgan fingerprint density at radius 3 is 2.90 bits per heavy atom. The summed E-state index contributed by atoms with van der Waals surface area (Å²) in [5.41, 5.74) is 2.39. The third-order valence-corrected chi connectivity index (χ3v) is 3.24. The van der Waals surface area contributed by atoms with Crippen LogP contribution in [-0.2, 0) is 6.42 Å². The molecule has 4 nitrogen and oxygen atoms in total. The highest BCUT2D eigenvalue weighted by molar-refractivity contribution is 5.64. The Morgan fingerprint density at radius 2 is 2.00 bits per heavy atom. The molecule has 1 aromatic carbocycles. The molecule has 0 spiro atoms. The van der Waals surface area contributed by atoms with E-state index < -0.39 is 0 Å². The predicted molar refractivity (Wildman–Crippen MR) is 78.7 cm³/mol. The lowest BCUT2D eigenvalue weighted by molar-refractivity contribution is 0.321. The summed E-state index contributed by atoms with van der Waals surface area (Å²) in [5.74, 6) is 1.96. The summed E-state index contributed by atoms with van der Waals surface area (Å²) in [6.07, 6.45) is 2.25.